The van der Waals surface area contributed by atoms with Crippen LogP contribution >= 0.6 is 23.2 Å². The van der Waals surface area contributed by atoms with Crippen LogP contribution in [0.1, 0.15) is 44.1 Å². The molecule has 1 heterocycles. The van der Waals surface area contributed by atoms with Crippen molar-refractivity contribution in [2.75, 3.05) is 30.4 Å². The topological polar surface area (TPSA) is 86.1 Å². The van der Waals surface area contributed by atoms with E-state index in [0.717, 1.165) is 17.9 Å². The Morgan fingerprint density at radius 1 is 1.18 bits per heavy atom. The number of hydrogen-bond acceptors (Lipinski definition) is 3. The second kappa shape index (κ2) is 10.5. The Morgan fingerprint density at radius 3 is 2.65 bits per heavy atom. The highest BCUT2D eigenvalue weighted by atomic mass is 35.5. The quantitative estimate of drug-likeness (QED) is 0.434. The maximum Gasteiger partial charge on any atom is 0.329 e. The lowest BCUT2D eigenvalue weighted by atomic mass is 9.94. The van der Waals surface area contributed by atoms with Gasteiger partial charge >= 0.3 is 6.03 Å². The van der Waals surface area contributed by atoms with Gasteiger partial charge in [0.15, 0.2) is 0 Å². The molecular formula is C25H31Cl2N4O3+. The second-order valence-electron chi connectivity index (χ2n) is 9.12. The lowest BCUT2D eigenvalue weighted by Crippen LogP contribution is -3.13. The van der Waals surface area contributed by atoms with E-state index in [-0.39, 0.29) is 16.3 Å². The number of carbonyl (C=O) groups excluding carboxylic acids is 2. The molecule has 34 heavy (non-hydrogen) atoms. The van der Waals surface area contributed by atoms with Crippen molar-refractivity contribution >= 4 is 46.5 Å². The van der Waals surface area contributed by atoms with Crippen LogP contribution in [0.25, 0.3) is 0 Å². The third-order valence-electron chi connectivity index (χ3n) is 6.88. The van der Waals surface area contributed by atoms with Crippen LogP contribution in [0.3, 0.4) is 0 Å². The lowest BCUT2D eigenvalue weighted by Gasteiger charge is -2.42. The number of aliphatic hydroxyl groups is 1. The van der Waals surface area contributed by atoms with Crippen LogP contribution < -0.4 is 20.4 Å². The number of nitrogens with one attached hydrogen (secondary N) is 3. The van der Waals surface area contributed by atoms with Gasteiger partial charge in [0.05, 0.1) is 41.1 Å². The summed E-state index contributed by atoms with van der Waals surface area (Å²) in [5.41, 5.74) is -1.34. The summed E-state index contributed by atoms with van der Waals surface area (Å²) in [6.07, 6.45) is 7.17. The van der Waals surface area contributed by atoms with Crippen molar-refractivity contribution in [3.63, 3.8) is 0 Å². The molecule has 2 atom stereocenters. The lowest BCUT2D eigenvalue weighted by molar-refractivity contribution is -0.907. The van der Waals surface area contributed by atoms with Crippen molar-refractivity contribution in [2.45, 2.75) is 50.3 Å². The van der Waals surface area contributed by atoms with Gasteiger partial charge in [-0.25, -0.2) is 4.79 Å². The molecular weight excluding hydrogens is 475 g/mol. The van der Waals surface area contributed by atoms with Crippen molar-refractivity contribution < 1.29 is 19.6 Å². The van der Waals surface area contributed by atoms with Crippen molar-refractivity contribution in [2.24, 2.45) is 0 Å². The molecule has 0 aromatic heterocycles. The van der Waals surface area contributed by atoms with E-state index in [0.29, 0.717) is 23.3 Å². The minimum absolute atomic E-state index is 0.210. The number of halogens is 2. The van der Waals surface area contributed by atoms with Crippen molar-refractivity contribution in [1.29, 1.82) is 0 Å². The Hall–Kier alpha value is -2.32. The summed E-state index contributed by atoms with van der Waals surface area (Å²) >= 11 is 12.2. The van der Waals surface area contributed by atoms with Crippen LogP contribution in [0.4, 0.5) is 16.2 Å². The van der Waals surface area contributed by atoms with Crippen LogP contribution in [-0.4, -0.2) is 43.2 Å². The van der Waals surface area contributed by atoms with Crippen LogP contribution in [-0.2, 0) is 10.5 Å². The van der Waals surface area contributed by atoms with Gasteiger partial charge in [-0.15, -0.1) is 0 Å². The number of para-hydroxylation sites is 1. The smallest absolute Gasteiger partial charge is 0.329 e. The first kappa shape index (κ1) is 24.8. The fourth-order valence-corrected chi connectivity index (χ4v) is 5.27. The largest absolute Gasteiger partial charge is 0.359 e. The first-order chi connectivity index (χ1) is 16.3. The first-order valence-electron chi connectivity index (χ1n) is 11.8. The third-order valence-corrected chi connectivity index (χ3v) is 7.62. The molecule has 2 aromatic carbocycles. The van der Waals surface area contributed by atoms with Gasteiger partial charge < -0.3 is 20.6 Å². The number of urea groups is 1. The van der Waals surface area contributed by atoms with Gasteiger partial charge in [-0.2, -0.15) is 0 Å². The van der Waals surface area contributed by atoms with Gasteiger partial charge in [-0.1, -0.05) is 47.8 Å². The summed E-state index contributed by atoms with van der Waals surface area (Å²) in [4.78, 5) is 29.0. The first-order valence-corrected chi connectivity index (χ1v) is 12.6. The molecule has 0 saturated heterocycles. The molecule has 0 bridgehead atoms. The number of fused-ring (bicyclic) bond motifs is 1. The van der Waals surface area contributed by atoms with Gasteiger partial charge in [0.25, 0.3) is 11.6 Å². The molecule has 0 radical (unpaired) electrons. The Bertz CT molecular complexity index is 1060. The van der Waals surface area contributed by atoms with E-state index in [1.54, 1.807) is 30.3 Å². The number of quaternary nitrogens is 1. The Labute approximate surface area is 210 Å². The summed E-state index contributed by atoms with van der Waals surface area (Å²) in [6, 6.07) is 11.3. The van der Waals surface area contributed by atoms with Crippen LogP contribution in [0.15, 0.2) is 42.5 Å². The molecule has 2 aromatic rings. The van der Waals surface area contributed by atoms with Gasteiger partial charge in [-0.05, 0) is 49.9 Å². The Balaban J connectivity index is 1.53. The zero-order valence-corrected chi connectivity index (χ0v) is 20.8. The van der Waals surface area contributed by atoms with Gasteiger partial charge in [0.2, 0.25) is 0 Å². The van der Waals surface area contributed by atoms with E-state index in [1.165, 1.54) is 49.1 Å². The number of nitrogens with zero attached hydrogens (tertiary/aromatic N) is 1. The summed E-state index contributed by atoms with van der Waals surface area (Å²) in [5.74, 6) is -0.670. The molecule has 3 amide bonds. The average molecular weight is 506 g/mol. The highest BCUT2D eigenvalue weighted by molar-refractivity contribution is 6.42. The average Bonchev–Trinajstić information content (AvgIpc) is 2.84. The number of carbonyl (C=O) groups is 2. The van der Waals surface area contributed by atoms with E-state index < -0.39 is 17.7 Å². The highest BCUT2D eigenvalue weighted by Gasteiger charge is 2.51. The number of benzene rings is 2. The predicted molar refractivity (Wildman–Crippen MR) is 135 cm³/mol. The fourth-order valence-electron chi connectivity index (χ4n) is 4.98. The molecule has 4 rings (SSSR count). The monoisotopic (exact) mass is 505 g/mol. The summed E-state index contributed by atoms with van der Waals surface area (Å²) in [7, 11) is 2.21. The molecule has 4 N–H and O–H groups in total. The molecule has 182 valence electrons. The number of amides is 3. The minimum atomic E-state index is -2.25. The highest BCUT2D eigenvalue weighted by Crippen LogP contribution is 2.41. The molecule has 1 fully saturated rings. The van der Waals surface area contributed by atoms with E-state index in [4.69, 9.17) is 23.2 Å². The summed E-state index contributed by atoms with van der Waals surface area (Å²) < 4.78 is 0. The van der Waals surface area contributed by atoms with Gasteiger partial charge in [-0.3, -0.25) is 9.69 Å². The zero-order chi connectivity index (χ0) is 24.3. The van der Waals surface area contributed by atoms with E-state index in [1.807, 2.05) is 0 Å². The summed E-state index contributed by atoms with van der Waals surface area (Å²) in [5, 5.41) is 17.9. The number of rotatable bonds is 7. The van der Waals surface area contributed by atoms with Crippen molar-refractivity contribution in [3.05, 3.63) is 58.1 Å². The fraction of sp³-hybridized carbons (Fsp3) is 0.440. The standard InChI is InChI=1S/C25H30Cl2N4O3/c1-30(17-8-3-2-4-9-17)15-7-14-28-23(32)25(34)19-10-5-6-11-22(19)29-24(33)31(25)18-12-13-20(26)21(27)16-18/h5-6,10-13,16-17,34H,2-4,7-9,14-15H2,1H3,(H,28,32)(H,29,33)/p+1. The summed E-state index contributed by atoms with van der Waals surface area (Å²) in [6.45, 7) is 1.32. The van der Waals surface area contributed by atoms with Crippen molar-refractivity contribution in [3.8, 4) is 0 Å². The number of hydrogen-bond donors (Lipinski definition) is 4. The molecule has 7 nitrogen and oxygen atoms in total. The van der Waals surface area contributed by atoms with Crippen LogP contribution in [0.2, 0.25) is 10.0 Å². The van der Waals surface area contributed by atoms with Crippen LogP contribution in [0.5, 0.6) is 0 Å². The molecule has 1 aliphatic carbocycles. The molecule has 0 spiro atoms. The maximum absolute atomic E-state index is 13.5. The van der Waals surface area contributed by atoms with Gasteiger partial charge in [0.1, 0.15) is 0 Å². The van der Waals surface area contributed by atoms with E-state index in [2.05, 4.69) is 17.7 Å². The normalized spacial score (nSPS) is 21.5. The molecule has 9 heteroatoms. The minimum Gasteiger partial charge on any atom is -0.359 e. The molecule has 1 aliphatic heterocycles. The Kier molecular flexibility index (Phi) is 7.67. The third kappa shape index (κ3) is 4.89. The predicted octanol–water partition coefficient (Wildman–Crippen LogP) is 3.54. The molecule has 2 aliphatic rings. The SMILES string of the molecule is C[NH+](CCCNC(=O)C1(O)c2ccccc2NC(=O)N1c1ccc(Cl)c(Cl)c1)C1CCCCC1. The van der Waals surface area contributed by atoms with Crippen molar-refractivity contribution in [1.82, 2.24) is 5.32 Å². The zero-order valence-electron chi connectivity index (χ0n) is 19.2. The number of anilines is 2. The second-order valence-corrected chi connectivity index (χ2v) is 9.94. The van der Waals surface area contributed by atoms with E-state index >= 15 is 0 Å². The maximum atomic E-state index is 13.5. The Morgan fingerprint density at radius 2 is 1.91 bits per heavy atom. The molecule has 1 saturated carbocycles. The van der Waals surface area contributed by atoms with Crippen LogP contribution in [0, 0.1) is 0 Å². The molecule has 2 unspecified atom stereocenters. The van der Waals surface area contributed by atoms with Gasteiger partial charge in [0, 0.05) is 18.5 Å². The van der Waals surface area contributed by atoms with E-state index in [9.17, 15) is 14.7 Å².